The van der Waals surface area contributed by atoms with Crippen LogP contribution in [0, 0.1) is 10.1 Å². The van der Waals surface area contributed by atoms with E-state index >= 15 is 0 Å². The summed E-state index contributed by atoms with van der Waals surface area (Å²) in [7, 11) is 0. The second-order valence-corrected chi connectivity index (χ2v) is 4.15. The highest BCUT2D eigenvalue weighted by molar-refractivity contribution is 5.86. The van der Waals surface area contributed by atoms with Crippen molar-refractivity contribution in [2.45, 2.75) is 19.8 Å². The first kappa shape index (κ1) is 13.7. The minimum absolute atomic E-state index is 0.0486. The third kappa shape index (κ3) is 2.66. The number of rotatable bonds is 5. The maximum atomic E-state index is 11.1. The van der Waals surface area contributed by atoms with Gasteiger partial charge in [-0.2, -0.15) is 0 Å². The molecule has 0 aliphatic rings. The number of carboxylic acids is 1. The Morgan fingerprint density at radius 2 is 2.05 bits per heavy atom. The summed E-state index contributed by atoms with van der Waals surface area (Å²) in [5.41, 5.74) is 0.835. The largest absolute Gasteiger partial charge is 0.475 e. The zero-order chi connectivity index (χ0) is 14.7. The van der Waals surface area contributed by atoms with Crippen LogP contribution < -0.4 is 0 Å². The number of non-ortho nitro benzene ring substituents is 1. The van der Waals surface area contributed by atoms with Gasteiger partial charge < -0.3 is 9.52 Å². The molecule has 0 aliphatic heterocycles. The van der Waals surface area contributed by atoms with Crippen molar-refractivity contribution in [3.8, 4) is 11.5 Å². The van der Waals surface area contributed by atoms with Crippen LogP contribution >= 0.6 is 0 Å². The van der Waals surface area contributed by atoms with Crippen molar-refractivity contribution in [1.82, 2.24) is 4.98 Å². The number of hydrogen-bond acceptors (Lipinski definition) is 5. The number of nitro benzene ring substituents is 1. The molecule has 2 aromatic rings. The summed E-state index contributed by atoms with van der Waals surface area (Å²) in [5.74, 6) is -1.20. The molecule has 1 N–H and O–H groups in total. The molecule has 0 fully saturated rings. The Bertz CT molecular complexity index is 645. The number of oxazole rings is 1. The Kier molecular flexibility index (Phi) is 3.79. The Morgan fingerprint density at radius 3 is 2.55 bits per heavy atom. The van der Waals surface area contributed by atoms with E-state index in [4.69, 9.17) is 9.52 Å². The first-order valence-corrected chi connectivity index (χ1v) is 6.00. The topological polar surface area (TPSA) is 106 Å². The molecule has 1 heterocycles. The van der Waals surface area contributed by atoms with E-state index in [9.17, 15) is 14.9 Å². The molecule has 20 heavy (non-hydrogen) atoms. The molecular formula is C13H12N2O5. The summed E-state index contributed by atoms with van der Waals surface area (Å²) in [6.07, 6.45) is 1.24. The fourth-order valence-electron chi connectivity index (χ4n) is 1.77. The lowest BCUT2D eigenvalue weighted by molar-refractivity contribution is -0.384. The fourth-order valence-corrected chi connectivity index (χ4v) is 1.77. The second kappa shape index (κ2) is 5.52. The van der Waals surface area contributed by atoms with Crippen LogP contribution in [0.4, 0.5) is 5.69 Å². The highest BCUT2D eigenvalue weighted by atomic mass is 16.6. The van der Waals surface area contributed by atoms with Crippen molar-refractivity contribution in [3.63, 3.8) is 0 Å². The molecule has 0 saturated heterocycles. The Morgan fingerprint density at radius 1 is 1.40 bits per heavy atom. The van der Waals surface area contributed by atoms with Crippen molar-refractivity contribution in [2.75, 3.05) is 0 Å². The summed E-state index contributed by atoms with van der Waals surface area (Å²) in [6, 6.07) is 5.59. The van der Waals surface area contributed by atoms with Crippen LogP contribution in [0.5, 0.6) is 0 Å². The normalized spacial score (nSPS) is 10.4. The van der Waals surface area contributed by atoms with E-state index in [2.05, 4.69) is 4.98 Å². The molecular weight excluding hydrogens is 264 g/mol. The predicted octanol–water partition coefficient (Wildman–Crippen LogP) is 2.90. The molecule has 1 aromatic heterocycles. The maximum absolute atomic E-state index is 11.1. The number of aromatic nitrogens is 1. The number of nitro groups is 1. The van der Waals surface area contributed by atoms with Crippen molar-refractivity contribution in [3.05, 3.63) is 45.8 Å². The van der Waals surface area contributed by atoms with E-state index in [-0.39, 0.29) is 17.3 Å². The standard InChI is InChI=1S/C13H12N2O5/c1-2-3-10-11(13(16)17)20-12(14-10)8-4-6-9(7-5-8)15(18)19/h4-7H,2-3H2,1H3,(H,16,17). The molecule has 0 aliphatic carbocycles. The lowest BCUT2D eigenvalue weighted by Gasteiger charge is -1.94. The molecule has 0 bridgehead atoms. The SMILES string of the molecule is CCCc1nc(-c2ccc([N+](=O)[O-])cc2)oc1C(=O)O. The summed E-state index contributed by atoms with van der Waals surface area (Å²) in [6.45, 7) is 1.91. The molecule has 0 radical (unpaired) electrons. The monoisotopic (exact) mass is 276 g/mol. The van der Waals surface area contributed by atoms with Gasteiger partial charge >= 0.3 is 5.97 Å². The van der Waals surface area contributed by atoms with E-state index in [1.54, 1.807) is 0 Å². The van der Waals surface area contributed by atoms with Gasteiger partial charge in [0.05, 0.1) is 10.6 Å². The number of carboxylic acid groups (broad SMARTS) is 1. The van der Waals surface area contributed by atoms with E-state index in [0.29, 0.717) is 17.7 Å². The first-order chi connectivity index (χ1) is 9.52. The molecule has 0 amide bonds. The lowest BCUT2D eigenvalue weighted by atomic mass is 10.2. The highest BCUT2D eigenvalue weighted by Gasteiger charge is 2.20. The van der Waals surface area contributed by atoms with Crippen LogP contribution in [0.3, 0.4) is 0 Å². The third-order valence-electron chi connectivity index (χ3n) is 2.70. The van der Waals surface area contributed by atoms with Crippen LogP contribution in [0.1, 0.15) is 29.6 Å². The minimum Gasteiger partial charge on any atom is -0.475 e. The first-order valence-electron chi connectivity index (χ1n) is 6.00. The molecule has 104 valence electrons. The molecule has 0 saturated carbocycles. The maximum Gasteiger partial charge on any atom is 0.373 e. The van der Waals surface area contributed by atoms with Gasteiger partial charge in [0.25, 0.3) is 5.69 Å². The molecule has 0 spiro atoms. The molecule has 7 nitrogen and oxygen atoms in total. The second-order valence-electron chi connectivity index (χ2n) is 4.15. The zero-order valence-electron chi connectivity index (χ0n) is 10.7. The summed E-state index contributed by atoms with van der Waals surface area (Å²) in [4.78, 5) is 25.3. The van der Waals surface area contributed by atoms with Gasteiger partial charge in [-0.15, -0.1) is 0 Å². The Balaban J connectivity index is 2.39. The lowest BCUT2D eigenvalue weighted by Crippen LogP contribution is -1.99. The van der Waals surface area contributed by atoms with Gasteiger partial charge in [-0.3, -0.25) is 10.1 Å². The molecule has 0 unspecified atom stereocenters. The number of aromatic carboxylic acids is 1. The molecule has 1 aromatic carbocycles. The van der Waals surface area contributed by atoms with Gasteiger partial charge in [-0.25, -0.2) is 9.78 Å². The summed E-state index contributed by atoms with van der Waals surface area (Å²) >= 11 is 0. The Hall–Kier alpha value is -2.70. The van der Waals surface area contributed by atoms with Gasteiger partial charge in [-0.1, -0.05) is 13.3 Å². The number of benzene rings is 1. The van der Waals surface area contributed by atoms with Crippen molar-refractivity contribution in [2.24, 2.45) is 0 Å². The van der Waals surface area contributed by atoms with Gasteiger partial charge in [0, 0.05) is 17.7 Å². The quantitative estimate of drug-likeness (QED) is 0.664. The summed E-state index contributed by atoms with van der Waals surface area (Å²) < 4.78 is 5.23. The number of nitrogens with zero attached hydrogens (tertiary/aromatic N) is 2. The van der Waals surface area contributed by atoms with E-state index < -0.39 is 10.9 Å². The van der Waals surface area contributed by atoms with E-state index in [0.717, 1.165) is 6.42 Å². The number of hydrogen-bond donors (Lipinski definition) is 1. The minimum atomic E-state index is -1.17. The van der Waals surface area contributed by atoms with Gasteiger partial charge in [0.15, 0.2) is 0 Å². The average Bonchev–Trinajstić information content (AvgIpc) is 2.83. The van der Waals surface area contributed by atoms with Gasteiger partial charge in [0.1, 0.15) is 0 Å². The average molecular weight is 276 g/mol. The van der Waals surface area contributed by atoms with Crippen molar-refractivity contribution >= 4 is 11.7 Å². The van der Waals surface area contributed by atoms with Crippen LogP contribution in [0.2, 0.25) is 0 Å². The highest BCUT2D eigenvalue weighted by Crippen LogP contribution is 2.25. The molecule has 2 rings (SSSR count). The predicted molar refractivity (Wildman–Crippen MR) is 69.5 cm³/mol. The molecule has 7 heteroatoms. The number of aryl methyl sites for hydroxylation is 1. The third-order valence-corrected chi connectivity index (χ3v) is 2.70. The smallest absolute Gasteiger partial charge is 0.373 e. The number of carbonyl (C=O) groups is 1. The fraction of sp³-hybridized carbons (Fsp3) is 0.231. The van der Waals surface area contributed by atoms with Crippen LogP contribution in [0.25, 0.3) is 11.5 Å². The molecule has 0 atom stereocenters. The van der Waals surface area contributed by atoms with Crippen LogP contribution in [0.15, 0.2) is 28.7 Å². The van der Waals surface area contributed by atoms with Gasteiger partial charge in [0.2, 0.25) is 11.7 Å². The van der Waals surface area contributed by atoms with E-state index in [1.807, 2.05) is 6.92 Å². The summed E-state index contributed by atoms with van der Waals surface area (Å²) in [5, 5.41) is 19.6. The van der Waals surface area contributed by atoms with Gasteiger partial charge in [-0.05, 0) is 18.6 Å². The Labute approximate surface area is 114 Å². The van der Waals surface area contributed by atoms with Crippen LogP contribution in [-0.4, -0.2) is 21.0 Å². The van der Waals surface area contributed by atoms with Crippen molar-refractivity contribution < 1.29 is 19.2 Å². The van der Waals surface area contributed by atoms with E-state index in [1.165, 1.54) is 24.3 Å². The van der Waals surface area contributed by atoms with Crippen LogP contribution in [-0.2, 0) is 6.42 Å². The van der Waals surface area contributed by atoms with Crippen molar-refractivity contribution in [1.29, 1.82) is 0 Å². The zero-order valence-corrected chi connectivity index (χ0v) is 10.7.